The summed E-state index contributed by atoms with van der Waals surface area (Å²) in [6.45, 7) is 0.403. The second-order valence-corrected chi connectivity index (χ2v) is 27.6. The number of aliphatic carboxylic acids is 8. The molecule has 41 nitrogen and oxygen atoms in total. The molecule has 2 fully saturated rings. The van der Waals surface area contributed by atoms with Gasteiger partial charge in [-0.25, -0.2) is 0 Å². The van der Waals surface area contributed by atoms with Gasteiger partial charge < -0.3 is 88.9 Å². The number of carboxylic acid groups (broad SMARTS) is 8. The number of carboxylic acids is 8. The maximum absolute atomic E-state index is 14.3. The molecule has 2 aliphatic rings. The molecule has 112 heavy (non-hydrogen) atoms. The molecule has 2 aromatic rings. The number of hydrogen-bond acceptors (Lipinski definition) is 25. The smallest absolute Gasteiger partial charge is 0.320 e. The van der Waals surface area contributed by atoms with Crippen LogP contribution < -0.4 is 43.0 Å². The minimum atomic E-state index is -1.63. The highest BCUT2D eigenvalue weighted by atomic mass is 16.4. The SMILES string of the molecule is CCC(C)[C@H](NC(=O)[C@H](Cc1ccc(O)cc1)NC(C)=O)C(=O)N[C@@H](CCC(N)=O)C(=O)NCc1ccc(CNC(=O)C(CNC(=O)CCC(C(=O)O)N2CCN(CC(=O)O)CCN(CC(=O)O)CCN(CC(=O)O)CC2)NC(=O)CCC(C(=O)O)N2CCN(CC(=O)O)CCN(CC(=O)O)CCN(CC(=O)O)CC2)cc1. The summed E-state index contributed by atoms with van der Waals surface area (Å²) in [6.07, 6.45) is -2.16. The highest BCUT2D eigenvalue weighted by Gasteiger charge is 2.35. The summed E-state index contributed by atoms with van der Waals surface area (Å²) in [5, 5.41) is 108. The molecule has 0 saturated carbocycles. The van der Waals surface area contributed by atoms with Crippen LogP contribution >= 0.6 is 0 Å². The minimum Gasteiger partial charge on any atom is -0.508 e. The van der Waals surface area contributed by atoms with Crippen LogP contribution in [0.3, 0.4) is 0 Å². The predicted molar refractivity (Wildman–Crippen MR) is 395 cm³/mol. The van der Waals surface area contributed by atoms with E-state index in [9.17, 15) is 123 Å². The first kappa shape index (κ1) is 93.8. The average molecular weight is 1590 g/mol. The third kappa shape index (κ3) is 37.0. The zero-order valence-corrected chi connectivity index (χ0v) is 63.2. The number of aromatic hydroxyl groups is 1. The van der Waals surface area contributed by atoms with Gasteiger partial charge in [0.2, 0.25) is 47.3 Å². The van der Waals surface area contributed by atoms with Gasteiger partial charge in [-0.2, -0.15) is 0 Å². The van der Waals surface area contributed by atoms with E-state index in [0.717, 1.165) is 0 Å². The van der Waals surface area contributed by atoms with Gasteiger partial charge in [0.1, 0.15) is 42.0 Å². The van der Waals surface area contributed by atoms with E-state index in [0.29, 0.717) is 23.1 Å². The lowest BCUT2D eigenvalue weighted by atomic mass is 9.96. The first-order valence-electron chi connectivity index (χ1n) is 36.7. The number of carbonyl (C=O) groups is 16. The number of hydrogen-bond donors (Lipinski definition) is 17. The van der Waals surface area contributed by atoms with E-state index in [1.54, 1.807) is 50.2 Å². The number of nitrogens with zero attached hydrogens (tertiary/aromatic N) is 8. The van der Waals surface area contributed by atoms with Gasteiger partial charge in [0, 0.05) is 157 Å². The molecule has 0 aliphatic carbocycles. The van der Waals surface area contributed by atoms with Crippen LogP contribution in [0.15, 0.2) is 48.5 Å². The Labute approximate surface area is 646 Å². The molecule has 4 unspecified atom stereocenters. The predicted octanol–water partition coefficient (Wildman–Crippen LogP) is -5.33. The fourth-order valence-corrected chi connectivity index (χ4v) is 12.6. The van der Waals surface area contributed by atoms with Crippen LogP contribution in [0, 0.1) is 5.92 Å². The largest absolute Gasteiger partial charge is 0.508 e. The van der Waals surface area contributed by atoms with E-state index >= 15 is 0 Å². The first-order valence-corrected chi connectivity index (χ1v) is 36.7. The van der Waals surface area contributed by atoms with Gasteiger partial charge in [-0.1, -0.05) is 56.7 Å². The van der Waals surface area contributed by atoms with E-state index in [1.165, 1.54) is 58.3 Å². The zero-order chi connectivity index (χ0) is 83.1. The topological polar surface area (TPSA) is 591 Å². The van der Waals surface area contributed by atoms with Crippen LogP contribution in [-0.2, 0) is 96.2 Å². The maximum Gasteiger partial charge on any atom is 0.320 e. The average Bonchev–Trinajstić information content (AvgIpc) is 0.847. The van der Waals surface area contributed by atoms with Crippen LogP contribution in [0.25, 0.3) is 0 Å². The fraction of sp³-hybridized carbons (Fsp3) is 0.606. The summed E-state index contributed by atoms with van der Waals surface area (Å²) in [4.78, 5) is 218. The molecule has 2 aromatic carbocycles. The van der Waals surface area contributed by atoms with Crippen molar-refractivity contribution < 1.29 is 123 Å². The van der Waals surface area contributed by atoms with Crippen molar-refractivity contribution in [3.8, 4) is 5.75 Å². The number of amides is 8. The van der Waals surface area contributed by atoms with Gasteiger partial charge in [-0.3, -0.25) is 116 Å². The fourth-order valence-electron chi connectivity index (χ4n) is 12.6. The van der Waals surface area contributed by atoms with Gasteiger partial charge in [-0.15, -0.1) is 0 Å². The molecule has 0 radical (unpaired) electrons. The van der Waals surface area contributed by atoms with E-state index in [4.69, 9.17) is 5.73 Å². The van der Waals surface area contributed by atoms with Gasteiger partial charge in [0.15, 0.2) is 0 Å². The molecule has 4 rings (SSSR count). The maximum atomic E-state index is 14.3. The second kappa shape index (κ2) is 49.0. The van der Waals surface area contributed by atoms with E-state index in [2.05, 4.69) is 37.2 Å². The molecule has 7 atom stereocenters. The number of carbonyl (C=O) groups excluding carboxylic acids is 8. The Balaban J connectivity index is 1.58. The molecule has 41 heteroatoms. The highest BCUT2D eigenvalue weighted by molar-refractivity contribution is 5.95. The lowest BCUT2D eigenvalue weighted by molar-refractivity contribution is -0.145. The summed E-state index contributed by atoms with van der Waals surface area (Å²) in [5.41, 5.74) is 6.98. The van der Waals surface area contributed by atoms with Crippen molar-refractivity contribution in [1.29, 1.82) is 0 Å². The van der Waals surface area contributed by atoms with Crippen molar-refractivity contribution in [1.82, 2.24) is 76.4 Å². The van der Waals surface area contributed by atoms with Crippen LogP contribution in [0.5, 0.6) is 5.75 Å². The molecule has 8 amide bonds. The van der Waals surface area contributed by atoms with Crippen molar-refractivity contribution in [3.63, 3.8) is 0 Å². The minimum absolute atomic E-state index is 0.00753. The Morgan fingerprint density at radius 1 is 0.393 bits per heavy atom. The third-order valence-corrected chi connectivity index (χ3v) is 18.9. The van der Waals surface area contributed by atoms with Gasteiger partial charge >= 0.3 is 47.8 Å². The summed E-state index contributed by atoms with van der Waals surface area (Å²) < 4.78 is 0. The standard InChI is InChI=1S/C71H108N16O25/c1-4-45(2)65(79-68(107)52(76-46(3)88)35-47-9-11-50(89)12-10-47)69(108)78-51(13-16-56(72)90)66(105)74-36-48-5-7-49(8-6-48)37-75-67(106)53(77-58(92)18-15-55(71(111)112)87-33-29-84(43-63(101)102)25-21-81(40-60(95)96)22-26-85(30-34-87)44-64(103)104)38-73-57(91)17-14-54(70(109)110)86-31-27-82(41-61(97)98)23-19-80(39-59(93)94)20-24-83(28-32-86)42-62(99)100/h5-12,45,51-55,65,89H,4,13-44H2,1-3H3,(H2,72,90)(H,73,91)(H,74,105)(H,75,106)(H,76,88)(H,77,92)(H,78,108)(H,79,107)(H,93,94)(H,95,96)(H,97,98)(H,99,100)(H,101,102)(H,103,104)(H,109,110)(H,111,112)/t45?,51-,52-,53?,54?,55?,65-/m0/s1. The number of benzene rings is 2. The van der Waals surface area contributed by atoms with Gasteiger partial charge in [0.25, 0.3) is 0 Å². The van der Waals surface area contributed by atoms with Crippen LogP contribution in [0.2, 0.25) is 0 Å². The summed E-state index contributed by atoms with van der Waals surface area (Å²) in [5.74, 6) is -16.8. The Hall–Kier alpha value is -10.6. The normalized spacial score (nSPS) is 17.3. The Kier molecular flexibility index (Phi) is 41.0. The Morgan fingerprint density at radius 3 is 1.08 bits per heavy atom. The number of nitrogens with two attached hydrogens (primary N) is 1. The van der Waals surface area contributed by atoms with Crippen molar-refractivity contribution in [3.05, 3.63) is 65.2 Å². The molecule has 2 saturated heterocycles. The summed E-state index contributed by atoms with van der Waals surface area (Å²) >= 11 is 0. The van der Waals surface area contributed by atoms with Gasteiger partial charge in [-0.05, 0) is 54.0 Å². The van der Waals surface area contributed by atoms with Crippen molar-refractivity contribution in [2.24, 2.45) is 11.7 Å². The zero-order valence-electron chi connectivity index (χ0n) is 63.2. The van der Waals surface area contributed by atoms with Crippen molar-refractivity contribution in [2.75, 3.05) is 151 Å². The van der Waals surface area contributed by atoms with Gasteiger partial charge in [0.05, 0.1) is 39.3 Å². The third-order valence-electron chi connectivity index (χ3n) is 18.9. The molecule has 2 heterocycles. The first-order chi connectivity index (χ1) is 53.0. The molecule has 0 aromatic heterocycles. The van der Waals surface area contributed by atoms with Crippen molar-refractivity contribution in [2.45, 2.75) is 121 Å². The van der Waals surface area contributed by atoms with E-state index in [1.807, 2.05) is 0 Å². The summed E-state index contributed by atoms with van der Waals surface area (Å²) in [7, 11) is 0. The molecular formula is C71H108N16O25. The summed E-state index contributed by atoms with van der Waals surface area (Å²) in [6, 6.07) is 3.94. The molecule has 18 N–H and O–H groups in total. The highest BCUT2D eigenvalue weighted by Crippen LogP contribution is 2.17. The second-order valence-electron chi connectivity index (χ2n) is 27.6. The van der Waals surface area contributed by atoms with Crippen LogP contribution in [0.4, 0.5) is 0 Å². The van der Waals surface area contributed by atoms with Crippen LogP contribution in [0.1, 0.15) is 82.4 Å². The number of rotatable bonds is 43. The van der Waals surface area contributed by atoms with E-state index in [-0.39, 0.29) is 143 Å². The lowest BCUT2D eigenvalue weighted by Crippen LogP contribution is -2.58. The molecular weight excluding hydrogens is 1480 g/mol. The quantitative estimate of drug-likeness (QED) is 0.0295. The van der Waals surface area contributed by atoms with Crippen LogP contribution in [-0.4, -0.2) is 367 Å². The number of primary amides is 1. The van der Waals surface area contributed by atoms with E-state index < -0.39 is 209 Å². The molecule has 0 bridgehead atoms. The monoisotopic (exact) mass is 1580 g/mol. The molecule has 0 spiro atoms. The molecule has 2 aliphatic heterocycles. The van der Waals surface area contributed by atoms with Crippen molar-refractivity contribution >= 4 is 95.0 Å². The number of phenols is 1. The number of phenolic OH excluding ortho intramolecular Hbond substituents is 1. The lowest BCUT2D eigenvalue weighted by Gasteiger charge is -2.35. The molecule has 622 valence electrons. The Bertz CT molecular complexity index is 3460. The Morgan fingerprint density at radius 2 is 0.741 bits per heavy atom. The number of nitrogens with one attached hydrogen (secondary N) is 7.